The molecule has 102 valence electrons. The van der Waals surface area contributed by atoms with Crippen LogP contribution < -0.4 is 5.32 Å². The second-order valence-electron chi connectivity index (χ2n) is 4.34. The van der Waals surface area contributed by atoms with E-state index in [1.165, 1.54) is 17.4 Å². The maximum atomic E-state index is 13.6. The highest BCUT2D eigenvalue weighted by Gasteiger charge is 2.09. The van der Waals surface area contributed by atoms with E-state index in [0.717, 1.165) is 31.1 Å². The minimum atomic E-state index is -0.290. The first kappa shape index (κ1) is 14.0. The molecule has 0 aliphatic carbocycles. The lowest BCUT2D eigenvalue weighted by atomic mass is 10.2. The van der Waals surface area contributed by atoms with E-state index >= 15 is 0 Å². The first-order chi connectivity index (χ1) is 9.52. The highest BCUT2D eigenvalue weighted by Crippen LogP contribution is 2.32. The van der Waals surface area contributed by atoms with E-state index in [9.17, 15) is 4.39 Å². The molecule has 0 bridgehead atoms. The van der Waals surface area contributed by atoms with Crippen molar-refractivity contribution in [2.75, 3.05) is 5.32 Å². The maximum absolute atomic E-state index is 13.6. The Labute approximate surface area is 136 Å². The van der Waals surface area contributed by atoms with Crippen LogP contribution in [-0.2, 0) is 0 Å². The Kier molecular flexibility index (Phi) is 3.79. The molecule has 3 rings (SSSR count). The van der Waals surface area contributed by atoms with Crippen LogP contribution in [0.4, 0.5) is 15.2 Å². The molecule has 0 saturated carbocycles. The highest BCUT2D eigenvalue weighted by molar-refractivity contribution is 9.10. The van der Waals surface area contributed by atoms with Crippen molar-refractivity contribution in [2.24, 2.45) is 0 Å². The van der Waals surface area contributed by atoms with E-state index in [4.69, 9.17) is 0 Å². The predicted molar refractivity (Wildman–Crippen MR) is 89.4 cm³/mol. The van der Waals surface area contributed by atoms with Gasteiger partial charge in [0.2, 0.25) is 0 Å². The Hall–Kier alpha value is -0.980. The lowest BCUT2D eigenvalue weighted by Crippen LogP contribution is -1.94. The first-order valence-corrected chi connectivity index (χ1v) is 8.22. The zero-order chi connectivity index (χ0) is 14.3. The summed E-state index contributed by atoms with van der Waals surface area (Å²) < 4.78 is 16.2. The normalized spacial score (nSPS) is 11.0. The zero-order valence-electron chi connectivity index (χ0n) is 10.4. The number of anilines is 2. The molecule has 1 heterocycles. The van der Waals surface area contributed by atoms with Crippen LogP contribution in [0.5, 0.6) is 0 Å². The molecule has 0 atom stereocenters. The van der Waals surface area contributed by atoms with E-state index < -0.39 is 0 Å². The Morgan fingerprint density at radius 3 is 2.80 bits per heavy atom. The number of nitrogens with zero attached hydrogens (tertiary/aromatic N) is 1. The van der Waals surface area contributed by atoms with Crippen LogP contribution in [0.2, 0.25) is 0 Å². The molecule has 2 nitrogen and oxygen atoms in total. The molecule has 0 fully saturated rings. The van der Waals surface area contributed by atoms with Gasteiger partial charge >= 0.3 is 0 Å². The topological polar surface area (TPSA) is 24.9 Å². The van der Waals surface area contributed by atoms with Gasteiger partial charge in [-0.1, -0.05) is 27.3 Å². The van der Waals surface area contributed by atoms with Crippen molar-refractivity contribution in [2.45, 2.75) is 6.92 Å². The third kappa shape index (κ3) is 2.73. The third-order valence-electron chi connectivity index (χ3n) is 2.86. The Balaban J connectivity index is 1.99. The first-order valence-electron chi connectivity index (χ1n) is 5.82. The minimum Gasteiger partial charge on any atom is -0.331 e. The molecule has 0 aliphatic rings. The van der Waals surface area contributed by atoms with Gasteiger partial charge in [0.25, 0.3) is 0 Å². The van der Waals surface area contributed by atoms with Gasteiger partial charge in [-0.05, 0) is 58.7 Å². The van der Waals surface area contributed by atoms with Gasteiger partial charge in [0, 0.05) is 10.2 Å². The predicted octanol–water partition coefficient (Wildman–Crippen LogP) is 6.01. The summed E-state index contributed by atoms with van der Waals surface area (Å²) in [5.74, 6) is -0.290. The van der Waals surface area contributed by atoms with Crippen LogP contribution in [-0.4, -0.2) is 4.98 Å². The van der Waals surface area contributed by atoms with Crippen molar-refractivity contribution >= 4 is 64.2 Å². The number of hydrogen-bond donors (Lipinski definition) is 1. The molecule has 6 heteroatoms. The third-order valence-corrected chi connectivity index (χ3v) is 4.89. The van der Waals surface area contributed by atoms with E-state index in [1.807, 2.05) is 25.1 Å². The fourth-order valence-corrected chi connectivity index (χ4v) is 3.74. The molecular formula is C14H9Br2FN2S. The smallest absolute Gasteiger partial charge is 0.188 e. The van der Waals surface area contributed by atoms with Gasteiger partial charge in [-0.15, -0.1) is 0 Å². The van der Waals surface area contributed by atoms with E-state index in [1.54, 1.807) is 6.07 Å². The Morgan fingerprint density at radius 1 is 1.20 bits per heavy atom. The van der Waals surface area contributed by atoms with Crippen LogP contribution >= 0.6 is 43.2 Å². The van der Waals surface area contributed by atoms with Crippen LogP contribution in [0.15, 0.2) is 39.3 Å². The molecule has 1 aromatic heterocycles. The number of aromatic nitrogens is 1. The highest BCUT2D eigenvalue weighted by atomic mass is 79.9. The summed E-state index contributed by atoms with van der Waals surface area (Å²) in [5, 5.41) is 3.93. The number of nitrogens with one attached hydrogen (secondary N) is 1. The van der Waals surface area contributed by atoms with Crippen molar-refractivity contribution < 1.29 is 4.39 Å². The number of fused-ring (bicyclic) bond motifs is 1. The van der Waals surface area contributed by atoms with Crippen molar-refractivity contribution in [3.8, 4) is 0 Å². The monoisotopic (exact) mass is 414 g/mol. The summed E-state index contributed by atoms with van der Waals surface area (Å²) in [5.41, 5.74) is 2.61. The largest absolute Gasteiger partial charge is 0.331 e. The molecule has 0 aliphatic heterocycles. The van der Waals surface area contributed by atoms with Crippen LogP contribution in [0.1, 0.15) is 5.56 Å². The lowest BCUT2D eigenvalue weighted by Gasteiger charge is -2.07. The van der Waals surface area contributed by atoms with Gasteiger partial charge in [0.1, 0.15) is 5.82 Å². The van der Waals surface area contributed by atoms with E-state index in [-0.39, 0.29) is 5.82 Å². The van der Waals surface area contributed by atoms with Gasteiger partial charge < -0.3 is 5.32 Å². The summed E-state index contributed by atoms with van der Waals surface area (Å²) in [6.45, 7) is 1.93. The average Bonchev–Trinajstić information content (AvgIpc) is 2.77. The Bertz CT molecular complexity index is 801. The number of halogens is 3. The molecule has 2 aromatic carbocycles. The molecule has 0 amide bonds. The molecule has 0 spiro atoms. The number of rotatable bonds is 2. The van der Waals surface area contributed by atoms with E-state index in [2.05, 4.69) is 42.2 Å². The summed E-state index contributed by atoms with van der Waals surface area (Å²) in [6.07, 6.45) is 0. The van der Waals surface area contributed by atoms with Gasteiger partial charge in [0.05, 0.1) is 14.7 Å². The number of thiazole rings is 1. The summed E-state index contributed by atoms with van der Waals surface area (Å²) in [7, 11) is 0. The maximum Gasteiger partial charge on any atom is 0.188 e. The molecule has 0 radical (unpaired) electrons. The second-order valence-corrected chi connectivity index (χ2v) is 7.14. The van der Waals surface area contributed by atoms with Gasteiger partial charge in [-0.25, -0.2) is 9.37 Å². The van der Waals surface area contributed by atoms with Gasteiger partial charge in [-0.2, -0.15) is 0 Å². The standard InChI is InChI=1S/C14H9Br2FN2S/c1-7-4-9(16)10(17)6-12(7)19-14-18-11-3-2-8(15)5-13(11)20-14/h2-6H,1H3,(H,18,19). The minimum absolute atomic E-state index is 0.290. The van der Waals surface area contributed by atoms with Crippen molar-refractivity contribution in [3.05, 3.63) is 50.7 Å². The second kappa shape index (κ2) is 5.42. The number of aryl methyl sites for hydroxylation is 1. The van der Waals surface area contributed by atoms with Gasteiger partial charge in [-0.3, -0.25) is 0 Å². The van der Waals surface area contributed by atoms with Gasteiger partial charge in [0.15, 0.2) is 5.13 Å². The number of hydrogen-bond acceptors (Lipinski definition) is 3. The van der Waals surface area contributed by atoms with Crippen LogP contribution in [0.3, 0.4) is 0 Å². The van der Waals surface area contributed by atoms with Crippen LogP contribution in [0, 0.1) is 12.7 Å². The van der Waals surface area contributed by atoms with Crippen molar-refractivity contribution in [3.63, 3.8) is 0 Å². The fraction of sp³-hybridized carbons (Fsp3) is 0.0714. The van der Waals surface area contributed by atoms with E-state index in [0.29, 0.717) is 4.47 Å². The quantitative estimate of drug-likeness (QED) is 0.554. The zero-order valence-corrected chi connectivity index (χ0v) is 14.4. The summed E-state index contributed by atoms with van der Waals surface area (Å²) >= 11 is 8.16. The summed E-state index contributed by atoms with van der Waals surface area (Å²) in [4.78, 5) is 4.49. The average molecular weight is 416 g/mol. The van der Waals surface area contributed by atoms with Crippen molar-refractivity contribution in [1.82, 2.24) is 4.98 Å². The molecule has 1 N–H and O–H groups in total. The molecular weight excluding hydrogens is 407 g/mol. The summed E-state index contributed by atoms with van der Waals surface area (Å²) in [6, 6.07) is 9.16. The van der Waals surface area contributed by atoms with Crippen LogP contribution in [0.25, 0.3) is 10.2 Å². The lowest BCUT2D eigenvalue weighted by molar-refractivity contribution is 0.621. The molecule has 20 heavy (non-hydrogen) atoms. The number of benzene rings is 2. The molecule has 3 aromatic rings. The molecule has 0 unspecified atom stereocenters. The van der Waals surface area contributed by atoms with Crippen molar-refractivity contribution in [1.29, 1.82) is 0 Å². The Morgan fingerprint density at radius 2 is 2.00 bits per heavy atom. The SMILES string of the molecule is Cc1cc(Br)c(F)cc1Nc1nc2ccc(Br)cc2s1. The molecule has 0 saturated heterocycles. The fourth-order valence-electron chi connectivity index (χ4n) is 1.85.